The third-order valence-electron chi connectivity index (χ3n) is 3.19. The molecule has 0 unspecified atom stereocenters. The first kappa shape index (κ1) is 16.4. The Morgan fingerprint density at radius 2 is 2.05 bits per heavy atom. The predicted octanol–water partition coefficient (Wildman–Crippen LogP) is 2.93. The molecule has 114 valence electrons. The average molecular weight is 390 g/mol. The summed E-state index contributed by atoms with van der Waals surface area (Å²) in [5.41, 5.74) is 9.44. The highest BCUT2D eigenvalue weighted by molar-refractivity contribution is 9.10. The van der Waals surface area contributed by atoms with Crippen LogP contribution in [0.15, 0.2) is 27.0 Å². The van der Waals surface area contributed by atoms with Crippen molar-refractivity contribution in [3.05, 3.63) is 38.3 Å². The molecule has 0 saturated carbocycles. The van der Waals surface area contributed by atoms with Crippen molar-refractivity contribution in [2.45, 2.75) is 25.3 Å². The summed E-state index contributed by atoms with van der Waals surface area (Å²) in [5.74, 6) is 0. The van der Waals surface area contributed by atoms with Crippen molar-refractivity contribution in [1.29, 1.82) is 0 Å². The molecule has 5 nitrogen and oxygen atoms in total. The standard InChI is InChI=1S/C13H16BrN3O2S2/c1-8-4-10(14)11(15)5-13(8)21(18,19)17(3)6-12-9(2)16-7-20-12/h4-5,7H,6,15H2,1-3H3. The van der Waals surface area contributed by atoms with E-state index in [1.807, 2.05) is 6.92 Å². The van der Waals surface area contributed by atoms with Gasteiger partial charge < -0.3 is 5.73 Å². The molecule has 0 radical (unpaired) electrons. The lowest BCUT2D eigenvalue weighted by atomic mass is 10.2. The molecule has 2 aromatic rings. The van der Waals surface area contributed by atoms with E-state index in [0.717, 1.165) is 10.6 Å². The predicted molar refractivity (Wildman–Crippen MR) is 88.8 cm³/mol. The largest absolute Gasteiger partial charge is 0.398 e. The summed E-state index contributed by atoms with van der Waals surface area (Å²) in [6.07, 6.45) is 0. The highest BCUT2D eigenvalue weighted by Gasteiger charge is 2.24. The Morgan fingerprint density at radius 1 is 1.38 bits per heavy atom. The fourth-order valence-corrected chi connectivity index (χ4v) is 4.63. The number of halogens is 1. The minimum absolute atomic E-state index is 0.230. The van der Waals surface area contributed by atoms with Crippen molar-refractivity contribution < 1.29 is 8.42 Å². The first-order chi connectivity index (χ1) is 9.73. The van der Waals surface area contributed by atoms with Gasteiger partial charge in [-0.05, 0) is 47.5 Å². The molecule has 1 heterocycles. The number of benzene rings is 1. The number of nitrogens with two attached hydrogens (primary N) is 1. The maximum absolute atomic E-state index is 12.7. The lowest BCUT2D eigenvalue weighted by Gasteiger charge is -2.19. The van der Waals surface area contributed by atoms with Gasteiger partial charge in [0.15, 0.2) is 0 Å². The van der Waals surface area contributed by atoms with Gasteiger partial charge in [-0.3, -0.25) is 0 Å². The van der Waals surface area contributed by atoms with E-state index in [2.05, 4.69) is 20.9 Å². The first-order valence-electron chi connectivity index (χ1n) is 6.14. The molecule has 0 saturated heterocycles. The van der Waals surface area contributed by atoms with Crippen LogP contribution >= 0.6 is 27.3 Å². The van der Waals surface area contributed by atoms with E-state index < -0.39 is 10.0 Å². The molecule has 2 N–H and O–H groups in total. The van der Waals surface area contributed by atoms with Crippen LogP contribution in [0, 0.1) is 13.8 Å². The Hall–Kier alpha value is -0.960. The number of anilines is 1. The molecule has 21 heavy (non-hydrogen) atoms. The second kappa shape index (κ2) is 6.04. The van der Waals surface area contributed by atoms with Gasteiger partial charge in [0.05, 0.1) is 16.1 Å². The number of sulfonamides is 1. The van der Waals surface area contributed by atoms with Gasteiger partial charge in [0.1, 0.15) is 0 Å². The van der Waals surface area contributed by atoms with Gasteiger partial charge >= 0.3 is 0 Å². The molecule has 0 spiro atoms. The fraction of sp³-hybridized carbons (Fsp3) is 0.308. The van der Waals surface area contributed by atoms with Crippen LogP contribution in [-0.2, 0) is 16.6 Å². The van der Waals surface area contributed by atoms with Crippen LogP contribution in [-0.4, -0.2) is 24.8 Å². The van der Waals surface area contributed by atoms with Gasteiger partial charge in [-0.15, -0.1) is 11.3 Å². The topological polar surface area (TPSA) is 76.3 Å². The van der Waals surface area contributed by atoms with Crippen molar-refractivity contribution in [2.75, 3.05) is 12.8 Å². The van der Waals surface area contributed by atoms with E-state index >= 15 is 0 Å². The zero-order valence-corrected chi connectivity index (χ0v) is 15.1. The number of nitrogen functional groups attached to an aromatic ring is 1. The summed E-state index contributed by atoms with van der Waals surface area (Å²) in [7, 11) is -2.03. The normalized spacial score (nSPS) is 12.0. The van der Waals surface area contributed by atoms with Crippen LogP contribution in [0.5, 0.6) is 0 Å². The molecule has 8 heteroatoms. The van der Waals surface area contributed by atoms with Crippen LogP contribution in [0.3, 0.4) is 0 Å². The molecule has 0 aliphatic heterocycles. The van der Waals surface area contributed by atoms with Gasteiger partial charge in [0, 0.05) is 28.6 Å². The van der Waals surface area contributed by atoms with Crippen LogP contribution in [0.1, 0.15) is 16.1 Å². The van der Waals surface area contributed by atoms with Crippen LogP contribution in [0.4, 0.5) is 5.69 Å². The molecule has 0 aliphatic carbocycles. The van der Waals surface area contributed by atoms with Crippen molar-refractivity contribution in [3.63, 3.8) is 0 Å². The molecule has 0 amide bonds. The Morgan fingerprint density at radius 3 is 2.62 bits per heavy atom. The monoisotopic (exact) mass is 389 g/mol. The maximum atomic E-state index is 12.7. The smallest absolute Gasteiger partial charge is 0.243 e. The summed E-state index contributed by atoms with van der Waals surface area (Å²) >= 11 is 4.75. The Kier molecular flexibility index (Phi) is 4.72. The zero-order valence-electron chi connectivity index (χ0n) is 11.9. The molecule has 2 rings (SSSR count). The lowest BCUT2D eigenvalue weighted by Crippen LogP contribution is -2.27. The second-order valence-electron chi connectivity index (χ2n) is 4.76. The van der Waals surface area contributed by atoms with Crippen LogP contribution in [0.2, 0.25) is 0 Å². The number of aryl methyl sites for hydroxylation is 2. The number of aromatic nitrogens is 1. The molecule has 0 bridgehead atoms. The molecular weight excluding hydrogens is 374 g/mol. The summed E-state index contributed by atoms with van der Waals surface area (Å²) < 4.78 is 27.4. The van der Waals surface area contributed by atoms with E-state index in [9.17, 15) is 8.42 Å². The quantitative estimate of drug-likeness (QED) is 0.815. The molecule has 0 fully saturated rings. The van der Waals surface area contributed by atoms with E-state index in [1.165, 1.54) is 21.7 Å². The highest BCUT2D eigenvalue weighted by Crippen LogP contribution is 2.29. The van der Waals surface area contributed by atoms with Gasteiger partial charge in [-0.2, -0.15) is 4.31 Å². The second-order valence-corrected chi connectivity index (χ2v) is 8.57. The summed E-state index contributed by atoms with van der Waals surface area (Å²) in [4.78, 5) is 5.30. The van der Waals surface area contributed by atoms with Gasteiger partial charge in [0.2, 0.25) is 10.0 Å². The zero-order chi connectivity index (χ0) is 15.8. The molecule has 0 aliphatic rings. The van der Waals surface area contributed by atoms with E-state index in [1.54, 1.807) is 25.5 Å². The molecule has 1 aromatic heterocycles. The summed E-state index contributed by atoms with van der Waals surface area (Å²) in [6.45, 7) is 3.92. The van der Waals surface area contributed by atoms with Crippen molar-refractivity contribution in [3.8, 4) is 0 Å². The van der Waals surface area contributed by atoms with Gasteiger partial charge in [-0.1, -0.05) is 0 Å². The third kappa shape index (κ3) is 3.28. The van der Waals surface area contributed by atoms with Gasteiger partial charge in [-0.25, -0.2) is 13.4 Å². The number of thiazole rings is 1. The van der Waals surface area contributed by atoms with E-state index in [0.29, 0.717) is 22.3 Å². The van der Waals surface area contributed by atoms with Gasteiger partial charge in [0.25, 0.3) is 0 Å². The lowest BCUT2D eigenvalue weighted by molar-refractivity contribution is 0.468. The summed E-state index contributed by atoms with van der Waals surface area (Å²) in [5, 5.41) is 0. The highest BCUT2D eigenvalue weighted by atomic mass is 79.9. The molecule has 1 aromatic carbocycles. The number of rotatable bonds is 4. The fourth-order valence-electron chi connectivity index (χ4n) is 1.88. The van der Waals surface area contributed by atoms with Crippen molar-refractivity contribution in [1.82, 2.24) is 9.29 Å². The average Bonchev–Trinajstić information content (AvgIpc) is 2.79. The van der Waals surface area contributed by atoms with Crippen molar-refractivity contribution in [2.24, 2.45) is 0 Å². The van der Waals surface area contributed by atoms with E-state index in [4.69, 9.17) is 5.73 Å². The number of hydrogen-bond acceptors (Lipinski definition) is 5. The molecular formula is C13H16BrN3O2S2. The Labute approximate surface area is 137 Å². The van der Waals surface area contributed by atoms with Crippen LogP contribution in [0.25, 0.3) is 0 Å². The van der Waals surface area contributed by atoms with Crippen molar-refractivity contribution >= 4 is 43.0 Å². The molecule has 0 atom stereocenters. The minimum atomic E-state index is -3.59. The maximum Gasteiger partial charge on any atom is 0.243 e. The number of nitrogens with zero attached hydrogens (tertiary/aromatic N) is 2. The first-order valence-corrected chi connectivity index (χ1v) is 9.25. The minimum Gasteiger partial charge on any atom is -0.398 e. The summed E-state index contributed by atoms with van der Waals surface area (Å²) in [6, 6.07) is 3.21. The number of hydrogen-bond donors (Lipinski definition) is 1. The SMILES string of the molecule is Cc1cc(Br)c(N)cc1S(=O)(=O)N(C)Cc1scnc1C. The third-order valence-corrected chi connectivity index (χ3v) is 6.75. The Bertz CT molecular complexity index is 772. The van der Waals surface area contributed by atoms with E-state index in [-0.39, 0.29) is 4.90 Å². The Balaban J connectivity index is 2.38. The van der Waals surface area contributed by atoms with Crippen LogP contribution < -0.4 is 5.73 Å².